The van der Waals surface area contributed by atoms with Crippen LogP contribution in [0.15, 0.2) is 66.2 Å². The molecule has 0 fully saturated rings. The summed E-state index contributed by atoms with van der Waals surface area (Å²) in [5.41, 5.74) is 4.89. The van der Waals surface area contributed by atoms with Gasteiger partial charge in [0, 0.05) is 35.9 Å². The summed E-state index contributed by atoms with van der Waals surface area (Å²) in [4.78, 5) is 17.3. The van der Waals surface area contributed by atoms with Gasteiger partial charge in [-0.3, -0.25) is 9.78 Å². The third-order valence-corrected chi connectivity index (χ3v) is 6.10. The van der Waals surface area contributed by atoms with E-state index in [-0.39, 0.29) is 11.0 Å². The number of nitrogens with zero attached hydrogens (tertiary/aromatic N) is 4. The van der Waals surface area contributed by atoms with Gasteiger partial charge in [0.05, 0.1) is 5.52 Å². The van der Waals surface area contributed by atoms with Gasteiger partial charge >= 0.3 is 0 Å². The van der Waals surface area contributed by atoms with Crippen LogP contribution in [0.5, 0.6) is 0 Å². The molecule has 29 heavy (non-hydrogen) atoms. The molecule has 0 aliphatic heterocycles. The topological polar surface area (TPSA) is 60.7 Å². The zero-order chi connectivity index (χ0) is 20.4. The molecule has 0 saturated heterocycles. The largest absolute Gasteiger partial charge is 0.312 e. The van der Waals surface area contributed by atoms with Crippen molar-refractivity contribution in [2.24, 2.45) is 7.05 Å². The predicted molar refractivity (Wildman–Crippen MR) is 116 cm³/mol. The molecule has 0 radical (unpaired) electrons. The van der Waals surface area contributed by atoms with Crippen molar-refractivity contribution in [2.75, 3.05) is 0 Å². The van der Waals surface area contributed by atoms with Crippen LogP contribution < -0.4 is 0 Å². The van der Waals surface area contributed by atoms with Gasteiger partial charge in [0.25, 0.3) is 0 Å². The molecule has 5 nitrogen and oxygen atoms in total. The zero-order valence-electron chi connectivity index (χ0n) is 16.7. The van der Waals surface area contributed by atoms with Crippen molar-refractivity contribution in [1.29, 1.82) is 0 Å². The van der Waals surface area contributed by atoms with Gasteiger partial charge < -0.3 is 4.57 Å². The Morgan fingerprint density at radius 3 is 2.83 bits per heavy atom. The highest BCUT2D eigenvalue weighted by atomic mass is 32.2. The number of ketones is 1. The van der Waals surface area contributed by atoms with Crippen molar-refractivity contribution in [3.63, 3.8) is 0 Å². The van der Waals surface area contributed by atoms with Crippen molar-refractivity contribution in [1.82, 2.24) is 19.7 Å². The maximum atomic E-state index is 12.8. The number of benzene rings is 2. The second-order valence-corrected chi connectivity index (χ2v) is 8.56. The van der Waals surface area contributed by atoms with Gasteiger partial charge in [-0.2, -0.15) is 0 Å². The molecule has 2 aromatic heterocycles. The van der Waals surface area contributed by atoms with Gasteiger partial charge in [-0.05, 0) is 42.7 Å². The Morgan fingerprint density at radius 1 is 1.17 bits per heavy atom. The highest BCUT2D eigenvalue weighted by Gasteiger charge is 2.14. The van der Waals surface area contributed by atoms with Gasteiger partial charge in [-0.1, -0.05) is 48.2 Å². The van der Waals surface area contributed by atoms with Crippen molar-refractivity contribution in [3.05, 3.63) is 83.3 Å². The SMILES string of the molecule is Cc1ccc2cc(C(=O)Cc3cccc(C(C)Sc4nncn4C)c3)cnc2c1. The van der Waals surface area contributed by atoms with Crippen LogP contribution in [0.1, 0.15) is 39.2 Å². The molecule has 6 heteroatoms. The number of hydrogen-bond donors (Lipinski definition) is 0. The molecule has 0 N–H and O–H groups in total. The summed E-state index contributed by atoms with van der Waals surface area (Å²) in [5.74, 6) is 0.0748. The summed E-state index contributed by atoms with van der Waals surface area (Å²) in [5, 5.41) is 10.1. The van der Waals surface area contributed by atoms with E-state index in [9.17, 15) is 4.79 Å². The number of rotatable bonds is 6. The molecule has 1 unspecified atom stereocenters. The van der Waals surface area contributed by atoms with Crippen LogP contribution in [0.3, 0.4) is 0 Å². The molecule has 2 heterocycles. The molecular weight excluding hydrogens is 380 g/mol. The molecule has 0 aliphatic carbocycles. The summed E-state index contributed by atoms with van der Waals surface area (Å²) in [6, 6.07) is 16.2. The lowest BCUT2D eigenvalue weighted by molar-refractivity contribution is 0.0993. The molecule has 146 valence electrons. The number of carbonyl (C=O) groups is 1. The fraction of sp³-hybridized carbons (Fsp3) is 0.217. The first-order chi connectivity index (χ1) is 14.0. The van der Waals surface area contributed by atoms with Crippen LogP contribution >= 0.6 is 11.8 Å². The van der Waals surface area contributed by atoms with E-state index in [1.807, 2.05) is 54.9 Å². The highest BCUT2D eigenvalue weighted by Crippen LogP contribution is 2.33. The van der Waals surface area contributed by atoms with Gasteiger partial charge in [-0.25, -0.2) is 0 Å². The molecule has 0 saturated carbocycles. The number of pyridine rings is 1. The lowest BCUT2D eigenvalue weighted by Crippen LogP contribution is -2.05. The quantitative estimate of drug-likeness (QED) is 0.337. The number of aryl methyl sites for hydroxylation is 2. The number of thioether (sulfide) groups is 1. The van der Waals surface area contributed by atoms with E-state index in [4.69, 9.17) is 0 Å². The van der Waals surface area contributed by atoms with E-state index in [1.54, 1.807) is 24.3 Å². The summed E-state index contributed by atoms with van der Waals surface area (Å²) in [7, 11) is 1.93. The summed E-state index contributed by atoms with van der Waals surface area (Å²) in [6.07, 6.45) is 3.73. The van der Waals surface area contributed by atoms with Crippen LogP contribution in [-0.4, -0.2) is 25.5 Å². The minimum Gasteiger partial charge on any atom is -0.312 e. The summed E-state index contributed by atoms with van der Waals surface area (Å²) < 4.78 is 1.91. The maximum absolute atomic E-state index is 12.8. The first-order valence-corrected chi connectivity index (χ1v) is 10.4. The fourth-order valence-corrected chi connectivity index (χ4v) is 4.14. The van der Waals surface area contributed by atoms with E-state index in [2.05, 4.69) is 34.2 Å². The van der Waals surface area contributed by atoms with E-state index < -0.39 is 0 Å². The second-order valence-electron chi connectivity index (χ2n) is 7.25. The van der Waals surface area contributed by atoms with E-state index in [0.717, 1.165) is 32.7 Å². The molecule has 1 atom stereocenters. The van der Waals surface area contributed by atoms with Gasteiger partial charge in [0.1, 0.15) is 6.33 Å². The number of Topliss-reactive ketones (excluding diaryl/α,β-unsaturated/α-hetero) is 1. The van der Waals surface area contributed by atoms with Crippen LogP contribution in [-0.2, 0) is 13.5 Å². The van der Waals surface area contributed by atoms with Gasteiger partial charge in [0.15, 0.2) is 10.9 Å². The number of carbonyl (C=O) groups excluding carboxylic acids is 1. The van der Waals surface area contributed by atoms with Crippen LogP contribution in [0.25, 0.3) is 10.9 Å². The van der Waals surface area contributed by atoms with Crippen LogP contribution in [0.2, 0.25) is 0 Å². The van der Waals surface area contributed by atoms with E-state index in [1.165, 1.54) is 0 Å². The molecule has 2 aromatic carbocycles. The Morgan fingerprint density at radius 2 is 2.03 bits per heavy atom. The van der Waals surface area contributed by atoms with Gasteiger partial charge in [0.2, 0.25) is 0 Å². The molecule has 0 aliphatic rings. The molecule has 0 spiro atoms. The smallest absolute Gasteiger partial charge is 0.191 e. The van der Waals surface area contributed by atoms with Crippen molar-refractivity contribution in [2.45, 2.75) is 30.7 Å². The maximum Gasteiger partial charge on any atom is 0.191 e. The predicted octanol–water partition coefficient (Wildman–Crippen LogP) is 4.95. The monoisotopic (exact) mass is 402 g/mol. The van der Waals surface area contributed by atoms with Gasteiger partial charge in [-0.15, -0.1) is 10.2 Å². The van der Waals surface area contributed by atoms with E-state index >= 15 is 0 Å². The lowest BCUT2D eigenvalue weighted by Gasteiger charge is -2.12. The summed E-state index contributed by atoms with van der Waals surface area (Å²) >= 11 is 1.65. The van der Waals surface area contributed by atoms with E-state index in [0.29, 0.717) is 12.0 Å². The van der Waals surface area contributed by atoms with Crippen LogP contribution in [0, 0.1) is 6.92 Å². The zero-order valence-corrected chi connectivity index (χ0v) is 17.5. The Bertz CT molecular complexity index is 1180. The fourth-order valence-electron chi connectivity index (χ4n) is 3.23. The average molecular weight is 403 g/mol. The van der Waals surface area contributed by atoms with Crippen molar-refractivity contribution in [3.8, 4) is 0 Å². The van der Waals surface area contributed by atoms with Crippen LogP contribution in [0.4, 0.5) is 0 Å². The number of fused-ring (bicyclic) bond motifs is 1. The third kappa shape index (κ3) is 4.38. The minimum absolute atomic E-state index is 0.0748. The van der Waals surface area contributed by atoms with Crippen molar-refractivity contribution < 1.29 is 4.79 Å². The third-order valence-electron chi connectivity index (χ3n) is 4.90. The standard InChI is InChI=1S/C23H22N4OS/c1-15-7-8-19-12-20(13-24-21(19)9-15)22(28)11-17-5-4-6-18(10-17)16(2)29-23-26-25-14-27(23)3/h4-10,12-14,16H,11H2,1-3H3. The average Bonchev–Trinajstić information content (AvgIpc) is 3.12. The molecule has 0 amide bonds. The minimum atomic E-state index is 0.0748. The first kappa shape index (κ1) is 19.3. The lowest BCUT2D eigenvalue weighted by atomic mass is 10.0. The molecule has 4 rings (SSSR count). The summed E-state index contributed by atoms with van der Waals surface area (Å²) in [6.45, 7) is 4.17. The number of hydrogen-bond acceptors (Lipinski definition) is 5. The molecular formula is C23H22N4OS. The normalized spacial score (nSPS) is 12.2. The Labute approximate surface area is 174 Å². The Hall–Kier alpha value is -2.99. The highest BCUT2D eigenvalue weighted by molar-refractivity contribution is 7.99. The second kappa shape index (κ2) is 8.17. The molecule has 0 bridgehead atoms. The molecule has 4 aromatic rings. The first-order valence-electron chi connectivity index (χ1n) is 9.49. The Balaban J connectivity index is 1.50. The van der Waals surface area contributed by atoms with Crippen molar-refractivity contribution >= 4 is 28.4 Å². The Kier molecular flexibility index (Phi) is 5.45. The number of aromatic nitrogens is 4.